The second kappa shape index (κ2) is 6.31. The van der Waals surface area contributed by atoms with Crippen molar-refractivity contribution in [3.63, 3.8) is 0 Å². The van der Waals surface area contributed by atoms with Gasteiger partial charge in [0.25, 0.3) is 0 Å². The number of benzene rings is 2. The fourth-order valence-electron chi connectivity index (χ4n) is 2.18. The molecule has 4 nitrogen and oxygen atoms in total. The van der Waals surface area contributed by atoms with Crippen LogP contribution in [0.3, 0.4) is 0 Å². The third-order valence-electron chi connectivity index (χ3n) is 3.54. The van der Waals surface area contributed by atoms with E-state index in [0.29, 0.717) is 17.8 Å². The average Bonchev–Trinajstić information content (AvgIpc) is 2.48. The molecule has 0 aliphatic carbocycles. The number of nitrogen functional groups attached to an aromatic ring is 1. The lowest BCUT2D eigenvalue weighted by Crippen LogP contribution is -2.09. The van der Waals surface area contributed by atoms with Crippen LogP contribution in [-0.2, 0) is 11.3 Å². The van der Waals surface area contributed by atoms with Gasteiger partial charge in [0.2, 0.25) is 0 Å². The van der Waals surface area contributed by atoms with Crippen LogP contribution in [0.4, 0.5) is 11.4 Å². The number of esters is 1. The SMILES string of the molecule is COC(=O)c1cc(NCc2ccccc2C)cc(C)c1N. The first-order chi connectivity index (χ1) is 10.0. The summed E-state index contributed by atoms with van der Waals surface area (Å²) >= 11 is 0. The zero-order valence-electron chi connectivity index (χ0n) is 12.6. The predicted octanol–water partition coefficient (Wildman–Crippen LogP) is 3.28. The highest BCUT2D eigenvalue weighted by atomic mass is 16.5. The van der Waals surface area contributed by atoms with E-state index in [0.717, 1.165) is 11.3 Å². The van der Waals surface area contributed by atoms with E-state index in [2.05, 4.69) is 24.4 Å². The van der Waals surface area contributed by atoms with Crippen LogP contribution in [0.15, 0.2) is 36.4 Å². The van der Waals surface area contributed by atoms with Crippen molar-refractivity contribution in [3.8, 4) is 0 Å². The summed E-state index contributed by atoms with van der Waals surface area (Å²) in [7, 11) is 1.35. The van der Waals surface area contributed by atoms with Gasteiger partial charge in [0.15, 0.2) is 0 Å². The van der Waals surface area contributed by atoms with Gasteiger partial charge in [-0.25, -0.2) is 4.79 Å². The summed E-state index contributed by atoms with van der Waals surface area (Å²) in [5, 5.41) is 3.33. The second-order valence-electron chi connectivity index (χ2n) is 5.03. The minimum atomic E-state index is -0.421. The molecule has 0 aromatic heterocycles. The number of aryl methyl sites for hydroxylation is 2. The van der Waals surface area contributed by atoms with Gasteiger partial charge in [0.05, 0.1) is 12.7 Å². The Labute approximate surface area is 124 Å². The highest BCUT2D eigenvalue weighted by Crippen LogP contribution is 2.24. The first-order valence-electron chi connectivity index (χ1n) is 6.79. The normalized spacial score (nSPS) is 10.2. The number of methoxy groups -OCH3 is 1. The number of rotatable bonds is 4. The molecule has 0 fully saturated rings. The summed E-state index contributed by atoms with van der Waals surface area (Å²) in [6.45, 7) is 4.64. The Hall–Kier alpha value is -2.49. The molecule has 0 radical (unpaired) electrons. The lowest BCUT2D eigenvalue weighted by Gasteiger charge is -2.13. The Balaban J connectivity index is 2.23. The molecule has 2 rings (SSSR count). The summed E-state index contributed by atoms with van der Waals surface area (Å²) in [4.78, 5) is 11.7. The molecule has 0 amide bonds. The number of carbonyl (C=O) groups excluding carboxylic acids is 1. The highest BCUT2D eigenvalue weighted by Gasteiger charge is 2.13. The van der Waals surface area contributed by atoms with E-state index in [-0.39, 0.29) is 0 Å². The summed E-state index contributed by atoms with van der Waals surface area (Å²) in [5.41, 5.74) is 10.9. The molecule has 0 saturated heterocycles. The number of hydrogen-bond acceptors (Lipinski definition) is 4. The molecule has 0 aliphatic heterocycles. The number of anilines is 2. The molecule has 2 aromatic rings. The van der Waals surface area contributed by atoms with Crippen molar-refractivity contribution in [2.24, 2.45) is 0 Å². The molecule has 4 heteroatoms. The zero-order valence-corrected chi connectivity index (χ0v) is 12.6. The molecule has 0 bridgehead atoms. The van der Waals surface area contributed by atoms with Gasteiger partial charge in [0, 0.05) is 17.9 Å². The maximum absolute atomic E-state index is 11.7. The maximum atomic E-state index is 11.7. The van der Waals surface area contributed by atoms with Gasteiger partial charge < -0.3 is 15.8 Å². The molecular weight excluding hydrogens is 264 g/mol. The Kier molecular flexibility index (Phi) is 4.48. The average molecular weight is 284 g/mol. The van der Waals surface area contributed by atoms with Crippen molar-refractivity contribution in [1.29, 1.82) is 0 Å². The van der Waals surface area contributed by atoms with Crippen molar-refractivity contribution in [1.82, 2.24) is 0 Å². The van der Waals surface area contributed by atoms with Gasteiger partial charge in [-0.1, -0.05) is 24.3 Å². The minimum Gasteiger partial charge on any atom is -0.465 e. The van der Waals surface area contributed by atoms with Gasteiger partial charge in [-0.15, -0.1) is 0 Å². The third kappa shape index (κ3) is 3.34. The van der Waals surface area contributed by atoms with Crippen molar-refractivity contribution in [3.05, 3.63) is 58.7 Å². The maximum Gasteiger partial charge on any atom is 0.340 e. The van der Waals surface area contributed by atoms with Gasteiger partial charge in [-0.2, -0.15) is 0 Å². The second-order valence-corrected chi connectivity index (χ2v) is 5.03. The Morgan fingerprint density at radius 2 is 1.90 bits per heavy atom. The Morgan fingerprint density at radius 3 is 2.57 bits per heavy atom. The molecular formula is C17H20N2O2. The van der Waals surface area contributed by atoms with Crippen molar-refractivity contribution >= 4 is 17.3 Å². The fraction of sp³-hybridized carbons (Fsp3) is 0.235. The van der Waals surface area contributed by atoms with Crippen LogP contribution in [0.25, 0.3) is 0 Å². The molecule has 2 aromatic carbocycles. The first kappa shape index (κ1) is 14.9. The molecule has 0 atom stereocenters. The van der Waals surface area contributed by atoms with E-state index < -0.39 is 5.97 Å². The topological polar surface area (TPSA) is 64.3 Å². The third-order valence-corrected chi connectivity index (χ3v) is 3.54. The van der Waals surface area contributed by atoms with E-state index in [1.807, 2.05) is 25.1 Å². The van der Waals surface area contributed by atoms with Crippen LogP contribution >= 0.6 is 0 Å². The molecule has 110 valence electrons. The molecule has 0 heterocycles. The summed E-state index contributed by atoms with van der Waals surface area (Å²) < 4.78 is 4.76. The monoisotopic (exact) mass is 284 g/mol. The molecule has 21 heavy (non-hydrogen) atoms. The molecule has 0 aliphatic rings. The van der Waals surface area contributed by atoms with E-state index in [9.17, 15) is 4.79 Å². The van der Waals surface area contributed by atoms with Crippen LogP contribution in [0.2, 0.25) is 0 Å². The summed E-state index contributed by atoms with van der Waals surface area (Å²) in [6.07, 6.45) is 0. The van der Waals surface area contributed by atoms with Gasteiger partial charge in [-0.05, 0) is 42.7 Å². The molecule has 0 saturated carbocycles. The van der Waals surface area contributed by atoms with Crippen LogP contribution < -0.4 is 11.1 Å². The van der Waals surface area contributed by atoms with E-state index in [1.54, 1.807) is 6.07 Å². The van der Waals surface area contributed by atoms with Gasteiger partial charge in [-0.3, -0.25) is 0 Å². The molecule has 0 spiro atoms. The number of nitrogens with one attached hydrogen (secondary N) is 1. The van der Waals surface area contributed by atoms with Crippen LogP contribution in [0.5, 0.6) is 0 Å². The molecule has 0 unspecified atom stereocenters. The standard InChI is InChI=1S/C17H20N2O2/c1-11-6-4-5-7-13(11)10-19-14-8-12(2)16(18)15(9-14)17(20)21-3/h4-9,19H,10,18H2,1-3H3. The predicted molar refractivity (Wildman–Crippen MR) is 85.4 cm³/mol. The Morgan fingerprint density at radius 1 is 1.19 bits per heavy atom. The van der Waals surface area contributed by atoms with Crippen molar-refractivity contribution < 1.29 is 9.53 Å². The summed E-state index contributed by atoms with van der Waals surface area (Å²) in [6, 6.07) is 11.8. The van der Waals surface area contributed by atoms with E-state index >= 15 is 0 Å². The van der Waals surface area contributed by atoms with E-state index in [1.165, 1.54) is 18.2 Å². The van der Waals surface area contributed by atoms with Crippen molar-refractivity contribution in [2.75, 3.05) is 18.2 Å². The van der Waals surface area contributed by atoms with Crippen LogP contribution in [-0.4, -0.2) is 13.1 Å². The largest absolute Gasteiger partial charge is 0.465 e. The quantitative estimate of drug-likeness (QED) is 0.668. The minimum absolute atomic E-state index is 0.393. The number of hydrogen-bond donors (Lipinski definition) is 2. The lowest BCUT2D eigenvalue weighted by molar-refractivity contribution is 0.0602. The zero-order chi connectivity index (χ0) is 15.4. The summed E-state index contributed by atoms with van der Waals surface area (Å²) in [5.74, 6) is -0.421. The van der Waals surface area contributed by atoms with Crippen LogP contribution in [0.1, 0.15) is 27.0 Å². The smallest absolute Gasteiger partial charge is 0.340 e. The Bertz CT molecular complexity index is 666. The fourth-order valence-corrected chi connectivity index (χ4v) is 2.18. The lowest BCUT2D eigenvalue weighted by atomic mass is 10.1. The van der Waals surface area contributed by atoms with E-state index in [4.69, 9.17) is 10.5 Å². The first-order valence-corrected chi connectivity index (χ1v) is 6.79. The van der Waals surface area contributed by atoms with Crippen molar-refractivity contribution in [2.45, 2.75) is 20.4 Å². The number of nitrogens with two attached hydrogens (primary N) is 1. The van der Waals surface area contributed by atoms with Crippen LogP contribution in [0, 0.1) is 13.8 Å². The van der Waals surface area contributed by atoms with Gasteiger partial charge in [0.1, 0.15) is 0 Å². The molecule has 3 N–H and O–H groups in total. The number of ether oxygens (including phenoxy) is 1. The van der Waals surface area contributed by atoms with Gasteiger partial charge >= 0.3 is 5.97 Å². The number of carbonyl (C=O) groups is 1. The highest BCUT2D eigenvalue weighted by molar-refractivity contribution is 5.97.